The van der Waals surface area contributed by atoms with Crippen molar-refractivity contribution in [1.82, 2.24) is 9.55 Å². The lowest BCUT2D eigenvalue weighted by Gasteiger charge is -2.22. The Bertz CT molecular complexity index is 279. The molecule has 1 atom stereocenters. The van der Waals surface area contributed by atoms with Gasteiger partial charge in [0.1, 0.15) is 0 Å². The number of nitrogens with zero attached hydrogens (tertiary/aromatic N) is 2. The van der Waals surface area contributed by atoms with Crippen LogP contribution in [-0.4, -0.2) is 22.8 Å². The summed E-state index contributed by atoms with van der Waals surface area (Å²) in [6, 6.07) is 0. The van der Waals surface area contributed by atoms with Crippen LogP contribution in [0.1, 0.15) is 18.5 Å². The third-order valence-electron chi connectivity index (χ3n) is 2.62. The highest BCUT2D eigenvalue weighted by atomic mass is 16.5. The maximum absolute atomic E-state index is 5.50. The first-order valence-electron chi connectivity index (χ1n) is 5.17. The molecule has 0 radical (unpaired) electrons. The topological polar surface area (TPSA) is 53.1 Å². The molecule has 0 aliphatic carbocycles. The van der Waals surface area contributed by atoms with E-state index >= 15 is 0 Å². The number of rotatable bonds is 3. The summed E-state index contributed by atoms with van der Waals surface area (Å²) in [7, 11) is 0. The van der Waals surface area contributed by atoms with Crippen LogP contribution in [0.2, 0.25) is 0 Å². The molecule has 0 spiro atoms. The van der Waals surface area contributed by atoms with E-state index in [-0.39, 0.29) is 0 Å². The predicted octanol–water partition coefficient (Wildman–Crippen LogP) is 0.768. The van der Waals surface area contributed by atoms with Crippen molar-refractivity contribution in [1.29, 1.82) is 0 Å². The Morgan fingerprint density at radius 2 is 2.57 bits per heavy atom. The van der Waals surface area contributed by atoms with E-state index in [0.717, 1.165) is 25.5 Å². The van der Waals surface area contributed by atoms with Crippen LogP contribution >= 0.6 is 0 Å². The van der Waals surface area contributed by atoms with E-state index in [1.807, 2.05) is 12.5 Å². The molecule has 1 aliphatic rings. The highest BCUT2D eigenvalue weighted by Gasteiger charge is 2.14. The lowest BCUT2D eigenvalue weighted by molar-refractivity contribution is 0.0483. The highest BCUT2D eigenvalue weighted by molar-refractivity contribution is 4.95. The maximum atomic E-state index is 5.50. The summed E-state index contributed by atoms with van der Waals surface area (Å²) in [6.45, 7) is 3.34. The molecular weight excluding hydrogens is 178 g/mol. The molecule has 78 valence electrons. The van der Waals surface area contributed by atoms with Crippen molar-refractivity contribution < 1.29 is 4.74 Å². The first-order chi connectivity index (χ1) is 6.88. The summed E-state index contributed by atoms with van der Waals surface area (Å²) in [5, 5.41) is 0. The number of imidazole rings is 1. The first kappa shape index (κ1) is 9.68. The van der Waals surface area contributed by atoms with Crippen molar-refractivity contribution in [3.8, 4) is 0 Å². The van der Waals surface area contributed by atoms with Crippen LogP contribution in [0, 0.1) is 5.92 Å². The van der Waals surface area contributed by atoms with Gasteiger partial charge in [-0.2, -0.15) is 0 Å². The average molecular weight is 195 g/mol. The quantitative estimate of drug-likeness (QED) is 0.775. The van der Waals surface area contributed by atoms with E-state index in [9.17, 15) is 0 Å². The molecule has 1 aliphatic heterocycles. The van der Waals surface area contributed by atoms with E-state index in [2.05, 4.69) is 9.55 Å². The number of hydrogen-bond acceptors (Lipinski definition) is 3. The van der Waals surface area contributed by atoms with Crippen molar-refractivity contribution >= 4 is 0 Å². The van der Waals surface area contributed by atoms with Crippen molar-refractivity contribution in [2.24, 2.45) is 11.7 Å². The maximum Gasteiger partial charge on any atom is 0.0950 e. The fourth-order valence-electron chi connectivity index (χ4n) is 1.86. The number of aromatic nitrogens is 2. The van der Waals surface area contributed by atoms with Crippen LogP contribution in [0.25, 0.3) is 0 Å². The van der Waals surface area contributed by atoms with Crippen molar-refractivity contribution in [3.05, 3.63) is 18.2 Å². The summed E-state index contributed by atoms with van der Waals surface area (Å²) < 4.78 is 7.54. The Labute approximate surface area is 84.1 Å². The summed E-state index contributed by atoms with van der Waals surface area (Å²) in [6.07, 6.45) is 6.32. The monoisotopic (exact) mass is 195 g/mol. The van der Waals surface area contributed by atoms with Crippen molar-refractivity contribution in [2.45, 2.75) is 25.9 Å². The molecule has 2 rings (SSSR count). The van der Waals surface area contributed by atoms with E-state index in [4.69, 9.17) is 10.5 Å². The molecule has 14 heavy (non-hydrogen) atoms. The van der Waals surface area contributed by atoms with E-state index in [1.54, 1.807) is 0 Å². The molecule has 4 nitrogen and oxygen atoms in total. The smallest absolute Gasteiger partial charge is 0.0950 e. The molecule has 1 aromatic rings. The Morgan fingerprint density at radius 3 is 3.21 bits per heavy atom. The minimum absolute atomic E-state index is 0.522. The van der Waals surface area contributed by atoms with Gasteiger partial charge in [-0.1, -0.05) is 0 Å². The normalized spacial score (nSPS) is 22.5. The molecular formula is C10H17N3O. The van der Waals surface area contributed by atoms with Gasteiger partial charge in [-0.05, 0) is 12.8 Å². The molecule has 0 saturated carbocycles. The lowest BCUT2D eigenvalue weighted by Crippen LogP contribution is -2.21. The molecule has 2 heterocycles. The molecule has 1 saturated heterocycles. The minimum atomic E-state index is 0.522. The van der Waals surface area contributed by atoms with Gasteiger partial charge in [-0.15, -0.1) is 0 Å². The Balaban J connectivity index is 1.89. The second-order valence-electron chi connectivity index (χ2n) is 3.85. The Morgan fingerprint density at radius 1 is 1.64 bits per heavy atom. The largest absolute Gasteiger partial charge is 0.381 e. The number of ether oxygens (including phenoxy) is 1. The van der Waals surface area contributed by atoms with Crippen LogP contribution < -0.4 is 5.73 Å². The molecule has 2 N–H and O–H groups in total. The van der Waals surface area contributed by atoms with E-state index < -0.39 is 0 Å². The number of nitrogens with two attached hydrogens (primary N) is 1. The third-order valence-corrected chi connectivity index (χ3v) is 2.62. The van der Waals surface area contributed by atoms with Gasteiger partial charge in [0.15, 0.2) is 0 Å². The summed E-state index contributed by atoms with van der Waals surface area (Å²) in [4.78, 5) is 4.20. The summed E-state index contributed by atoms with van der Waals surface area (Å²) in [5.41, 5.74) is 6.46. The molecule has 1 aromatic heterocycles. The molecule has 0 aromatic carbocycles. The highest BCUT2D eigenvalue weighted by Crippen LogP contribution is 2.15. The summed E-state index contributed by atoms with van der Waals surface area (Å²) in [5.74, 6) is 0.642. The van der Waals surface area contributed by atoms with Crippen LogP contribution in [0.4, 0.5) is 0 Å². The second-order valence-corrected chi connectivity index (χ2v) is 3.85. The molecule has 0 bridgehead atoms. The summed E-state index contributed by atoms with van der Waals surface area (Å²) >= 11 is 0. The van der Waals surface area contributed by atoms with Crippen LogP contribution in [0.5, 0.6) is 0 Å². The van der Waals surface area contributed by atoms with Gasteiger partial charge in [-0.25, -0.2) is 4.98 Å². The van der Waals surface area contributed by atoms with Crippen molar-refractivity contribution in [2.75, 3.05) is 13.2 Å². The van der Waals surface area contributed by atoms with Crippen LogP contribution in [0.3, 0.4) is 0 Å². The third kappa shape index (κ3) is 2.33. The van der Waals surface area contributed by atoms with Gasteiger partial charge < -0.3 is 15.0 Å². The average Bonchev–Trinajstić information content (AvgIpc) is 2.67. The van der Waals surface area contributed by atoms with Gasteiger partial charge in [-0.3, -0.25) is 0 Å². The lowest BCUT2D eigenvalue weighted by atomic mass is 10.0. The minimum Gasteiger partial charge on any atom is -0.381 e. The standard InChI is InChI=1S/C10H17N3O/c11-4-10-6-13(8-12-10)5-9-2-1-3-14-7-9/h6,8-9H,1-5,7,11H2. The predicted molar refractivity (Wildman–Crippen MR) is 53.7 cm³/mol. The zero-order valence-electron chi connectivity index (χ0n) is 8.35. The Kier molecular flexibility index (Phi) is 3.16. The van der Waals surface area contributed by atoms with Gasteiger partial charge in [0.05, 0.1) is 18.6 Å². The van der Waals surface area contributed by atoms with Crippen LogP contribution in [-0.2, 0) is 17.8 Å². The molecule has 0 amide bonds. The first-order valence-corrected chi connectivity index (χ1v) is 5.17. The van der Waals surface area contributed by atoms with Gasteiger partial charge in [0.25, 0.3) is 0 Å². The van der Waals surface area contributed by atoms with Gasteiger partial charge >= 0.3 is 0 Å². The zero-order chi connectivity index (χ0) is 9.80. The Hall–Kier alpha value is -0.870. The van der Waals surface area contributed by atoms with Gasteiger partial charge in [0, 0.05) is 31.8 Å². The fraction of sp³-hybridized carbons (Fsp3) is 0.700. The van der Waals surface area contributed by atoms with Crippen molar-refractivity contribution in [3.63, 3.8) is 0 Å². The van der Waals surface area contributed by atoms with Crippen LogP contribution in [0.15, 0.2) is 12.5 Å². The van der Waals surface area contributed by atoms with E-state index in [1.165, 1.54) is 12.8 Å². The molecule has 4 heteroatoms. The fourth-order valence-corrected chi connectivity index (χ4v) is 1.86. The zero-order valence-corrected chi connectivity index (χ0v) is 8.35. The number of hydrogen-bond donors (Lipinski definition) is 1. The second kappa shape index (κ2) is 4.57. The SMILES string of the molecule is NCc1cn(CC2CCCOC2)cn1. The molecule has 1 unspecified atom stereocenters. The van der Waals surface area contributed by atoms with Gasteiger partial charge in [0.2, 0.25) is 0 Å². The molecule has 1 fully saturated rings. The van der Waals surface area contributed by atoms with E-state index in [0.29, 0.717) is 12.5 Å².